The lowest BCUT2D eigenvalue weighted by Gasteiger charge is -2.46. The van der Waals surface area contributed by atoms with E-state index >= 15 is 0 Å². The zero-order valence-electron chi connectivity index (χ0n) is 15.0. The molecule has 1 fully saturated rings. The summed E-state index contributed by atoms with van der Waals surface area (Å²) >= 11 is 0. The van der Waals surface area contributed by atoms with Crippen LogP contribution in [-0.4, -0.2) is 43.4 Å². The van der Waals surface area contributed by atoms with Crippen LogP contribution in [0.4, 0.5) is 0 Å². The molecule has 1 spiro atoms. The van der Waals surface area contributed by atoms with E-state index in [0.717, 1.165) is 43.7 Å². The number of piperidine rings is 1. The molecule has 1 saturated heterocycles. The standard InChI is InChI=1S/C21H23N3O2/c1-24-10-7-21(8-11-24)13-20(18-4-2-3-5-19(18)26-21)25-17-6-9-23-15-16(12-17)14-22/h2-6,12,15,20H,7-11,13H2,1H3. The van der Waals surface area contributed by atoms with Gasteiger partial charge in [-0.2, -0.15) is 5.26 Å². The molecule has 0 radical (unpaired) electrons. The predicted molar refractivity (Wildman–Crippen MR) is 100 cm³/mol. The molecule has 3 heterocycles. The van der Waals surface area contributed by atoms with Crippen molar-refractivity contribution < 1.29 is 9.47 Å². The van der Waals surface area contributed by atoms with Crippen molar-refractivity contribution in [3.8, 4) is 11.8 Å². The minimum atomic E-state index is -0.172. The summed E-state index contributed by atoms with van der Waals surface area (Å²) in [6.07, 6.45) is 8.05. The highest BCUT2D eigenvalue weighted by Gasteiger charge is 2.43. The summed E-state index contributed by atoms with van der Waals surface area (Å²) in [6, 6.07) is 10.3. The van der Waals surface area contributed by atoms with Crippen LogP contribution in [0.1, 0.15) is 30.9 Å². The van der Waals surface area contributed by atoms with Gasteiger partial charge < -0.3 is 14.4 Å². The zero-order valence-corrected chi connectivity index (χ0v) is 15.0. The van der Waals surface area contributed by atoms with E-state index in [1.165, 1.54) is 0 Å². The highest BCUT2D eigenvalue weighted by atomic mass is 16.5. The summed E-state index contributed by atoms with van der Waals surface area (Å²) in [7, 11) is 2.15. The molecule has 0 aromatic heterocycles. The molecule has 0 amide bonds. The fourth-order valence-corrected chi connectivity index (χ4v) is 3.85. The number of hydrogen-bond donors (Lipinski definition) is 0. The van der Waals surface area contributed by atoms with Gasteiger partial charge in [0.05, 0.1) is 12.1 Å². The van der Waals surface area contributed by atoms with Gasteiger partial charge in [0.1, 0.15) is 29.3 Å². The Morgan fingerprint density at radius 2 is 2.12 bits per heavy atom. The van der Waals surface area contributed by atoms with Crippen LogP contribution in [0.15, 0.2) is 52.7 Å². The average molecular weight is 349 g/mol. The van der Waals surface area contributed by atoms with Crippen molar-refractivity contribution in [2.75, 3.05) is 26.7 Å². The lowest BCUT2D eigenvalue weighted by atomic mass is 9.81. The average Bonchev–Trinajstić information content (AvgIpc) is 2.89. The molecule has 4 rings (SSSR count). The van der Waals surface area contributed by atoms with Gasteiger partial charge in [-0.25, -0.2) is 0 Å². The first-order valence-corrected chi connectivity index (χ1v) is 9.12. The maximum Gasteiger partial charge on any atom is 0.131 e. The highest BCUT2D eigenvalue weighted by Crippen LogP contribution is 2.46. The maximum absolute atomic E-state index is 9.20. The van der Waals surface area contributed by atoms with E-state index in [4.69, 9.17) is 9.47 Å². The first-order valence-electron chi connectivity index (χ1n) is 9.12. The van der Waals surface area contributed by atoms with Gasteiger partial charge in [-0.05, 0) is 25.3 Å². The Balaban J connectivity index is 1.62. The fraction of sp³-hybridized carbons (Fsp3) is 0.429. The normalized spacial score (nSPS) is 24.5. The quantitative estimate of drug-likeness (QED) is 0.821. The molecule has 0 bridgehead atoms. The molecule has 1 aromatic carbocycles. The van der Waals surface area contributed by atoms with Crippen molar-refractivity contribution in [2.24, 2.45) is 4.99 Å². The van der Waals surface area contributed by atoms with Gasteiger partial charge in [0, 0.05) is 44.1 Å². The second-order valence-corrected chi connectivity index (χ2v) is 7.25. The summed E-state index contributed by atoms with van der Waals surface area (Å²) in [5.41, 5.74) is 1.42. The molecule has 1 aromatic rings. The fourth-order valence-electron chi connectivity index (χ4n) is 3.85. The zero-order chi connectivity index (χ0) is 18.0. The molecule has 5 heteroatoms. The number of likely N-dealkylation sites (tertiary alicyclic amines) is 1. The van der Waals surface area contributed by atoms with Crippen molar-refractivity contribution in [3.05, 3.63) is 53.3 Å². The third kappa shape index (κ3) is 3.38. The minimum absolute atomic E-state index is 0.0797. The number of allylic oxidation sites excluding steroid dienone is 2. The van der Waals surface area contributed by atoms with Crippen molar-refractivity contribution >= 4 is 6.21 Å². The second-order valence-electron chi connectivity index (χ2n) is 7.25. The SMILES string of the molecule is CN1CCC2(CC1)CC(OC1=CCN=CC(C#N)=C1)c1ccccc1O2. The molecule has 26 heavy (non-hydrogen) atoms. The smallest absolute Gasteiger partial charge is 0.131 e. The Labute approximate surface area is 154 Å². The van der Waals surface area contributed by atoms with E-state index in [0.29, 0.717) is 17.9 Å². The number of aliphatic imine (C=N–C) groups is 1. The molecular weight excluding hydrogens is 326 g/mol. The van der Waals surface area contributed by atoms with Gasteiger partial charge in [-0.3, -0.25) is 4.99 Å². The molecule has 5 nitrogen and oxygen atoms in total. The third-order valence-electron chi connectivity index (χ3n) is 5.38. The summed E-state index contributed by atoms with van der Waals surface area (Å²) in [5.74, 6) is 1.63. The molecule has 0 saturated carbocycles. The second kappa shape index (κ2) is 6.97. The summed E-state index contributed by atoms with van der Waals surface area (Å²) in [4.78, 5) is 6.55. The van der Waals surface area contributed by atoms with Crippen LogP contribution < -0.4 is 4.74 Å². The van der Waals surface area contributed by atoms with Gasteiger partial charge in [0.2, 0.25) is 0 Å². The summed E-state index contributed by atoms with van der Waals surface area (Å²) < 4.78 is 12.9. The summed E-state index contributed by atoms with van der Waals surface area (Å²) in [5, 5.41) is 9.20. The number of nitriles is 1. The van der Waals surface area contributed by atoms with E-state index in [9.17, 15) is 5.26 Å². The number of para-hydroxylation sites is 1. The number of rotatable bonds is 2. The Morgan fingerprint density at radius 1 is 1.31 bits per heavy atom. The monoisotopic (exact) mass is 349 g/mol. The number of benzene rings is 1. The first-order chi connectivity index (χ1) is 12.7. The Kier molecular flexibility index (Phi) is 4.52. The molecule has 3 aliphatic rings. The molecule has 3 aliphatic heterocycles. The van der Waals surface area contributed by atoms with E-state index < -0.39 is 0 Å². The van der Waals surface area contributed by atoms with Crippen molar-refractivity contribution in [1.29, 1.82) is 5.26 Å². The molecule has 0 N–H and O–H groups in total. The molecule has 0 aliphatic carbocycles. The predicted octanol–water partition coefficient (Wildman–Crippen LogP) is 3.41. The molecule has 1 unspecified atom stereocenters. The van der Waals surface area contributed by atoms with Crippen LogP contribution in [0.25, 0.3) is 0 Å². The lowest BCUT2D eigenvalue weighted by molar-refractivity contribution is -0.0570. The first kappa shape index (κ1) is 16.9. The van der Waals surface area contributed by atoms with E-state index in [-0.39, 0.29) is 11.7 Å². The summed E-state index contributed by atoms with van der Waals surface area (Å²) in [6.45, 7) is 2.59. The largest absolute Gasteiger partial charge is 0.487 e. The van der Waals surface area contributed by atoms with Crippen molar-refractivity contribution in [3.63, 3.8) is 0 Å². The number of nitrogens with zero attached hydrogens (tertiary/aromatic N) is 3. The number of ether oxygens (including phenoxy) is 2. The van der Waals surface area contributed by atoms with Crippen LogP contribution in [0.5, 0.6) is 5.75 Å². The van der Waals surface area contributed by atoms with E-state index in [1.54, 1.807) is 12.3 Å². The van der Waals surface area contributed by atoms with Crippen LogP contribution in [0.2, 0.25) is 0 Å². The van der Waals surface area contributed by atoms with Gasteiger partial charge >= 0.3 is 0 Å². The third-order valence-corrected chi connectivity index (χ3v) is 5.38. The number of fused-ring (bicyclic) bond motifs is 1. The van der Waals surface area contributed by atoms with E-state index in [2.05, 4.69) is 29.1 Å². The van der Waals surface area contributed by atoms with Gasteiger partial charge in [0.15, 0.2) is 0 Å². The van der Waals surface area contributed by atoms with Crippen LogP contribution >= 0.6 is 0 Å². The lowest BCUT2D eigenvalue weighted by Crippen LogP contribution is -2.49. The minimum Gasteiger partial charge on any atom is -0.487 e. The van der Waals surface area contributed by atoms with Gasteiger partial charge in [-0.15, -0.1) is 0 Å². The van der Waals surface area contributed by atoms with Gasteiger partial charge in [0.25, 0.3) is 0 Å². The van der Waals surface area contributed by atoms with Crippen LogP contribution in [0, 0.1) is 11.3 Å². The molecular formula is C21H23N3O2. The Morgan fingerprint density at radius 3 is 2.92 bits per heavy atom. The molecule has 134 valence electrons. The Hall–Kier alpha value is -2.58. The highest BCUT2D eigenvalue weighted by molar-refractivity contribution is 5.84. The van der Waals surface area contributed by atoms with Crippen molar-refractivity contribution in [2.45, 2.75) is 31.0 Å². The Bertz CT molecular complexity index is 811. The van der Waals surface area contributed by atoms with E-state index in [1.807, 2.05) is 24.3 Å². The number of hydrogen-bond acceptors (Lipinski definition) is 5. The van der Waals surface area contributed by atoms with Crippen LogP contribution in [0.3, 0.4) is 0 Å². The van der Waals surface area contributed by atoms with Gasteiger partial charge in [-0.1, -0.05) is 18.2 Å². The maximum atomic E-state index is 9.20. The van der Waals surface area contributed by atoms with Crippen LogP contribution in [-0.2, 0) is 4.74 Å². The molecule has 1 atom stereocenters. The topological polar surface area (TPSA) is 57.8 Å². The van der Waals surface area contributed by atoms with Crippen molar-refractivity contribution in [1.82, 2.24) is 4.90 Å².